The van der Waals surface area contributed by atoms with Crippen LogP contribution in [0.3, 0.4) is 0 Å². The average molecular weight is 380 g/mol. The molecule has 5 N–H and O–H groups in total. The van der Waals surface area contributed by atoms with Crippen LogP contribution in [0.2, 0.25) is 0 Å². The van der Waals surface area contributed by atoms with Crippen molar-refractivity contribution in [3.05, 3.63) is 65.4 Å². The summed E-state index contributed by atoms with van der Waals surface area (Å²) >= 11 is 0. The van der Waals surface area contributed by atoms with Crippen molar-refractivity contribution < 1.29 is 19.4 Å². The summed E-state index contributed by atoms with van der Waals surface area (Å²) in [5.74, 6) is -0.635. The van der Waals surface area contributed by atoms with Crippen LogP contribution in [0.4, 0.5) is 11.4 Å². The van der Waals surface area contributed by atoms with Gasteiger partial charge in [-0.2, -0.15) is 0 Å². The third-order valence-electron chi connectivity index (χ3n) is 4.39. The fourth-order valence-electron chi connectivity index (χ4n) is 2.96. The molecule has 144 valence electrons. The highest BCUT2D eigenvalue weighted by Gasteiger charge is 2.33. The zero-order valence-electron chi connectivity index (χ0n) is 15.2. The second-order valence-electron chi connectivity index (χ2n) is 6.18. The molecular weight excluding hydrogens is 360 g/mol. The maximum atomic E-state index is 13.0. The van der Waals surface area contributed by atoms with Gasteiger partial charge in [0.25, 0.3) is 5.91 Å². The molecule has 0 spiro atoms. The minimum Gasteiger partial charge on any atom is -0.498 e. The number of nitrogens with two attached hydrogens (primary N) is 1. The third kappa shape index (κ3) is 3.80. The van der Waals surface area contributed by atoms with Gasteiger partial charge in [0.1, 0.15) is 18.1 Å². The number of rotatable bonds is 7. The topological polar surface area (TPSA) is 129 Å². The predicted octanol–water partition coefficient (Wildman–Crippen LogP) is 1.87. The molecule has 8 nitrogen and oxygen atoms in total. The van der Waals surface area contributed by atoms with Crippen LogP contribution in [0.5, 0.6) is 0 Å². The number of carboxylic acid groups (broad SMARTS) is 1. The number of nitrogens with one attached hydrogen (secondary N) is 2. The lowest BCUT2D eigenvalue weighted by molar-refractivity contribution is -0.134. The van der Waals surface area contributed by atoms with Gasteiger partial charge in [-0.15, -0.1) is 0 Å². The molecule has 28 heavy (non-hydrogen) atoms. The Kier molecular flexibility index (Phi) is 5.30. The van der Waals surface area contributed by atoms with Gasteiger partial charge in [-0.05, 0) is 42.0 Å². The Bertz CT molecular complexity index is 949. The summed E-state index contributed by atoms with van der Waals surface area (Å²) in [5.41, 5.74) is 8.53. The molecule has 0 saturated carbocycles. The molecule has 0 bridgehead atoms. The summed E-state index contributed by atoms with van der Waals surface area (Å²) in [6.07, 6.45) is 0. The quantitative estimate of drug-likeness (QED) is 0.429. The smallest absolute Gasteiger partial charge is 0.322 e. The molecule has 8 heteroatoms. The number of ether oxygens (including phenoxy) is 1. The zero-order chi connectivity index (χ0) is 20.3. The number of amidine groups is 1. The normalized spacial score (nSPS) is 13.6. The SMILES string of the molecule is COC1=C(c2ccc(NCC(=O)O)cc2)C(=O)N(c2ccc(C(=N)N)cc2)C1. The van der Waals surface area contributed by atoms with Gasteiger partial charge in [0.05, 0.1) is 19.2 Å². The first-order valence-corrected chi connectivity index (χ1v) is 8.50. The van der Waals surface area contributed by atoms with E-state index in [-0.39, 0.29) is 18.3 Å². The van der Waals surface area contributed by atoms with Crippen LogP contribution < -0.4 is 16.0 Å². The summed E-state index contributed by atoms with van der Waals surface area (Å²) in [6.45, 7) is 0.109. The first-order chi connectivity index (χ1) is 13.4. The first kappa shape index (κ1) is 19.0. The van der Waals surface area contributed by atoms with E-state index in [4.69, 9.17) is 21.0 Å². The van der Waals surface area contributed by atoms with Gasteiger partial charge in [0.2, 0.25) is 0 Å². The first-order valence-electron chi connectivity index (χ1n) is 8.50. The number of methoxy groups -OCH3 is 1. The van der Waals surface area contributed by atoms with E-state index in [0.717, 1.165) is 0 Å². The second kappa shape index (κ2) is 7.83. The van der Waals surface area contributed by atoms with Crippen molar-refractivity contribution in [2.75, 3.05) is 30.4 Å². The fraction of sp³-hybridized carbons (Fsp3) is 0.150. The van der Waals surface area contributed by atoms with Crippen LogP contribution in [0, 0.1) is 5.41 Å². The molecule has 1 amide bonds. The minimum atomic E-state index is -0.953. The van der Waals surface area contributed by atoms with E-state index in [9.17, 15) is 9.59 Å². The van der Waals surface area contributed by atoms with Crippen LogP contribution in [0.15, 0.2) is 54.3 Å². The highest BCUT2D eigenvalue weighted by Crippen LogP contribution is 2.32. The Morgan fingerprint density at radius 2 is 1.86 bits per heavy atom. The van der Waals surface area contributed by atoms with E-state index in [0.29, 0.717) is 40.4 Å². The molecule has 3 rings (SSSR count). The van der Waals surface area contributed by atoms with E-state index in [1.807, 2.05) is 0 Å². The van der Waals surface area contributed by atoms with Gasteiger partial charge in [0, 0.05) is 16.9 Å². The second-order valence-corrected chi connectivity index (χ2v) is 6.18. The lowest BCUT2D eigenvalue weighted by Crippen LogP contribution is -2.26. The number of nitrogen functional groups attached to an aromatic ring is 1. The minimum absolute atomic E-state index is 0.0349. The Morgan fingerprint density at radius 3 is 2.39 bits per heavy atom. The van der Waals surface area contributed by atoms with Crippen molar-refractivity contribution in [2.45, 2.75) is 0 Å². The molecule has 1 heterocycles. The number of carbonyl (C=O) groups excluding carboxylic acids is 1. The van der Waals surface area contributed by atoms with Gasteiger partial charge >= 0.3 is 5.97 Å². The number of nitrogens with zero attached hydrogens (tertiary/aromatic N) is 1. The van der Waals surface area contributed by atoms with Gasteiger partial charge < -0.3 is 25.8 Å². The largest absolute Gasteiger partial charge is 0.498 e. The van der Waals surface area contributed by atoms with Crippen molar-refractivity contribution in [3.63, 3.8) is 0 Å². The van der Waals surface area contributed by atoms with E-state index in [1.165, 1.54) is 7.11 Å². The highest BCUT2D eigenvalue weighted by molar-refractivity contribution is 6.29. The van der Waals surface area contributed by atoms with Crippen molar-refractivity contribution in [2.24, 2.45) is 5.73 Å². The predicted molar refractivity (Wildman–Crippen MR) is 106 cm³/mol. The van der Waals surface area contributed by atoms with Crippen molar-refractivity contribution in [3.8, 4) is 0 Å². The van der Waals surface area contributed by atoms with Crippen molar-refractivity contribution >= 4 is 34.7 Å². The number of carboxylic acids is 1. The molecule has 1 aliphatic rings. The Hall–Kier alpha value is -3.81. The molecule has 2 aromatic rings. The van der Waals surface area contributed by atoms with Gasteiger partial charge in [-0.25, -0.2) is 0 Å². The molecule has 0 saturated heterocycles. The Balaban J connectivity index is 1.83. The maximum absolute atomic E-state index is 13.0. The van der Waals surface area contributed by atoms with E-state index < -0.39 is 5.97 Å². The highest BCUT2D eigenvalue weighted by atomic mass is 16.5. The summed E-state index contributed by atoms with van der Waals surface area (Å²) in [6, 6.07) is 13.8. The number of amides is 1. The number of hydrogen-bond donors (Lipinski definition) is 4. The molecular formula is C20H20N4O4. The number of anilines is 2. The van der Waals surface area contributed by atoms with Crippen LogP contribution in [-0.4, -0.2) is 43.0 Å². The number of hydrogen-bond acceptors (Lipinski definition) is 5. The van der Waals surface area contributed by atoms with Crippen molar-refractivity contribution in [1.29, 1.82) is 5.41 Å². The Morgan fingerprint density at radius 1 is 1.21 bits per heavy atom. The van der Waals surface area contributed by atoms with Gasteiger partial charge in [0.15, 0.2) is 0 Å². The molecule has 0 aromatic heterocycles. The third-order valence-corrected chi connectivity index (χ3v) is 4.39. The molecule has 0 unspecified atom stereocenters. The van der Waals surface area contributed by atoms with Crippen LogP contribution >= 0.6 is 0 Å². The van der Waals surface area contributed by atoms with Crippen LogP contribution in [0.1, 0.15) is 11.1 Å². The monoisotopic (exact) mass is 380 g/mol. The van der Waals surface area contributed by atoms with E-state index >= 15 is 0 Å². The molecule has 2 aromatic carbocycles. The summed E-state index contributed by atoms with van der Waals surface area (Å²) in [5, 5.41) is 19.0. The van der Waals surface area contributed by atoms with Crippen molar-refractivity contribution in [1.82, 2.24) is 0 Å². The van der Waals surface area contributed by atoms with Crippen LogP contribution in [-0.2, 0) is 14.3 Å². The van der Waals surface area contributed by atoms with Gasteiger partial charge in [-0.1, -0.05) is 12.1 Å². The molecule has 1 aliphatic heterocycles. The summed E-state index contributed by atoms with van der Waals surface area (Å²) in [4.78, 5) is 25.3. The van der Waals surface area contributed by atoms with E-state index in [1.54, 1.807) is 53.4 Å². The number of aliphatic carboxylic acids is 1. The Labute approximate surface area is 161 Å². The standard InChI is InChI=1S/C20H20N4O4/c1-28-16-11-24(15-8-4-13(5-9-15)19(21)22)20(27)18(16)12-2-6-14(7-3-12)23-10-17(25)26/h2-9,23H,10-11H2,1H3,(H3,21,22)(H,25,26). The van der Waals surface area contributed by atoms with Gasteiger partial charge in [-0.3, -0.25) is 15.0 Å². The molecule has 0 radical (unpaired) electrons. The molecule has 0 fully saturated rings. The lowest BCUT2D eigenvalue weighted by atomic mass is 10.0. The fourth-order valence-corrected chi connectivity index (χ4v) is 2.96. The maximum Gasteiger partial charge on any atom is 0.322 e. The summed E-state index contributed by atoms with van der Waals surface area (Å²) in [7, 11) is 1.52. The van der Waals surface area contributed by atoms with Crippen LogP contribution in [0.25, 0.3) is 5.57 Å². The molecule has 0 atom stereocenters. The van der Waals surface area contributed by atoms with E-state index in [2.05, 4.69) is 5.32 Å². The number of carbonyl (C=O) groups is 2. The number of benzene rings is 2. The molecule has 0 aliphatic carbocycles. The zero-order valence-corrected chi connectivity index (χ0v) is 15.2. The summed E-state index contributed by atoms with van der Waals surface area (Å²) < 4.78 is 5.44. The lowest BCUT2D eigenvalue weighted by Gasteiger charge is -2.17. The average Bonchev–Trinajstić information content (AvgIpc) is 3.03.